The first-order valence-corrected chi connectivity index (χ1v) is 7.16. The van der Waals surface area contributed by atoms with Crippen LogP contribution in [-0.4, -0.2) is 47.3 Å². The number of aliphatic hydroxyl groups is 1. The van der Waals surface area contributed by atoms with Crippen LogP contribution in [0.3, 0.4) is 0 Å². The Labute approximate surface area is 125 Å². The van der Waals surface area contributed by atoms with Crippen LogP contribution >= 0.6 is 0 Å². The second-order valence-electron chi connectivity index (χ2n) is 4.66. The highest BCUT2D eigenvalue weighted by Crippen LogP contribution is 2.34. The number of aliphatic hydroxyl groups excluding tert-OH is 1. The minimum atomic E-state index is -0.0672. The molecule has 0 radical (unpaired) electrons. The van der Waals surface area contributed by atoms with Gasteiger partial charge in [-0.3, -0.25) is 4.79 Å². The van der Waals surface area contributed by atoms with Gasteiger partial charge in [-0.05, 0) is 38.0 Å². The van der Waals surface area contributed by atoms with Gasteiger partial charge in [0.25, 0.3) is 0 Å². The molecule has 0 unspecified atom stereocenters. The molecule has 0 saturated carbocycles. The normalized spacial score (nSPS) is 10.4. The third-order valence-corrected chi connectivity index (χ3v) is 3.20. The highest BCUT2D eigenvalue weighted by molar-refractivity contribution is 5.76. The van der Waals surface area contributed by atoms with Gasteiger partial charge in [-0.25, -0.2) is 0 Å². The van der Waals surface area contributed by atoms with E-state index in [1.165, 1.54) is 0 Å². The van der Waals surface area contributed by atoms with E-state index in [1.807, 2.05) is 13.8 Å². The summed E-state index contributed by atoms with van der Waals surface area (Å²) in [4.78, 5) is 13.6. The minimum Gasteiger partial charge on any atom is -0.503 e. The molecule has 6 heteroatoms. The number of nitrogen functional groups attached to an aromatic ring is 1. The third kappa shape index (κ3) is 4.82. The zero-order valence-electron chi connectivity index (χ0n) is 12.6. The quantitative estimate of drug-likeness (QED) is 0.494. The van der Waals surface area contributed by atoms with Crippen molar-refractivity contribution in [1.82, 2.24) is 4.90 Å². The molecule has 1 aromatic carbocycles. The average Bonchev–Trinajstić information content (AvgIpc) is 2.47. The first kappa shape index (κ1) is 17.1. The fraction of sp³-hybridized carbons (Fsp3) is 0.533. The van der Waals surface area contributed by atoms with Crippen LogP contribution in [0.4, 0.5) is 5.69 Å². The van der Waals surface area contributed by atoms with E-state index in [4.69, 9.17) is 15.6 Å². The van der Waals surface area contributed by atoms with Crippen molar-refractivity contribution in [1.29, 1.82) is 0 Å². The summed E-state index contributed by atoms with van der Waals surface area (Å²) in [6.45, 7) is 4.99. The number of aromatic hydroxyl groups is 1. The monoisotopic (exact) mass is 296 g/mol. The van der Waals surface area contributed by atoms with E-state index in [0.29, 0.717) is 38.3 Å². The zero-order chi connectivity index (χ0) is 15.8. The molecule has 0 fully saturated rings. The van der Waals surface area contributed by atoms with Gasteiger partial charge in [-0.15, -0.1) is 0 Å². The van der Waals surface area contributed by atoms with E-state index in [0.717, 1.165) is 5.56 Å². The third-order valence-electron chi connectivity index (χ3n) is 3.20. The summed E-state index contributed by atoms with van der Waals surface area (Å²) in [7, 11) is 0. The lowest BCUT2D eigenvalue weighted by Crippen LogP contribution is -2.33. The predicted octanol–water partition coefficient (Wildman–Crippen LogP) is 1.15. The number of ether oxygens (including phenoxy) is 1. The number of carbonyl (C=O) groups excluding carboxylic acids is 1. The molecular formula is C15H24N2O4. The molecule has 0 aliphatic heterocycles. The lowest BCUT2D eigenvalue weighted by Gasteiger charge is -2.19. The smallest absolute Gasteiger partial charge is 0.222 e. The van der Waals surface area contributed by atoms with E-state index in [9.17, 15) is 9.90 Å². The number of hydrogen-bond donors (Lipinski definition) is 3. The molecule has 4 N–H and O–H groups in total. The summed E-state index contributed by atoms with van der Waals surface area (Å²) >= 11 is 0. The van der Waals surface area contributed by atoms with Gasteiger partial charge in [-0.1, -0.05) is 0 Å². The first-order chi connectivity index (χ1) is 10.0. The summed E-state index contributed by atoms with van der Waals surface area (Å²) in [5.74, 6) is 0.251. The molecule has 0 saturated heterocycles. The maximum Gasteiger partial charge on any atom is 0.222 e. The molecule has 1 aromatic rings. The number of phenolic OH excluding ortho intramolecular Hbond substituents is 1. The average molecular weight is 296 g/mol. The fourth-order valence-corrected chi connectivity index (χ4v) is 2.09. The second-order valence-corrected chi connectivity index (χ2v) is 4.66. The van der Waals surface area contributed by atoms with Gasteiger partial charge in [0.05, 0.1) is 18.9 Å². The Balaban J connectivity index is 2.73. The maximum absolute atomic E-state index is 12.0. The number of benzene rings is 1. The van der Waals surface area contributed by atoms with Crippen LogP contribution in [0.1, 0.15) is 25.8 Å². The zero-order valence-corrected chi connectivity index (χ0v) is 12.6. The lowest BCUT2D eigenvalue weighted by molar-refractivity contribution is -0.131. The van der Waals surface area contributed by atoms with Crippen LogP contribution in [0.15, 0.2) is 12.1 Å². The molecule has 1 amide bonds. The molecule has 0 bridgehead atoms. The molecule has 0 aromatic heterocycles. The van der Waals surface area contributed by atoms with Gasteiger partial charge in [-0.2, -0.15) is 0 Å². The number of nitrogens with zero attached hydrogens (tertiary/aromatic N) is 1. The molecule has 21 heavy (non-hydrogen) atoms. The van der Waals surface area contributed by atoms with Crippen LogP contribution in [0.5, 0.6) is 11.5 Å². The van der Waals surface area contributed by atoms with Crippen molar-refractivity contribution in [3.05, 3.63) is 17.7 Å². The van der Waals surface area contributed by atoms with Gasteiger partial charge in [0, 0.05) is 19.5 Å². The number of rotatable bonds is 8. The molecule has 0 aliphatic rings. The molecule has 0 spiro atoms. The number of anilines is 1. The van der Waals surface area contributed by atoms with Crippen molar-refractivity contribution < 1.29 is 19.7 Å². The Hall–Kier alpha value is -1.95. The standard InChI is InChI=1S/C15H24N2O4/c1-3-17(7-8-18)14(19)6-5-11-9-12(16)15(20)13(10-11)21-4-2/h9-10,18,20H,3-8,16H2,1-2H3. The van der Waals surface area contributed by atoms with Crippen molar-refractivity contribution in [2.24, 2.45) is 0 Å². The Morgan fingerprint density at radius 1 is 1.38 bits per heavy atom. The minimum absolute atomic E-state index is 0.0174. The molecule has 1 rings (SSSR count). The number of hydrogen-bond acceptors (Lipinski definition) is 5. The van der Waals surface area contributed by atoms with E-state index in [-0.39, 0.29) is 24.0 Å². The Morgan fingerprint density at radius 3 is 2.67 bits per heavy atom. The Kier molecular flexibility index (Phi) is 6.81. The number of nitrogens with two attached hydrogens (primary N) is 1. The van der Waals surface area contributed by atoms with E-state index < -0.39 is 0 Å². The summed E-state index contributed by atoms with van der Waals surface area (Å²) in [6.07, 6.45) is 0.828. The van der Waals surface area contributed by atoms with Gasteiger partial charge >= 0.3 is 0 Å². The van der Waals surface area contributed by atoms with Gasteiger partial charge < -0.3 is 25.6 Å². The van der Waals surface area contributed by atoms with Gasteiger partial charge in [0.2, 0.25) is 5.91 Å². The number of phenols is 1. The van der Waals surface area contributed by atoms with Crippen LogP contribution in [0.2, 0.25) is 0 Å². The summed E-state index contributed by atoms with van der Waals surface area (Å²) < 4.78 is 5.31. The number of carbonyl (C=O) groups is 1. The molecular weight excluding hydrogens is 272 g/mol. The number of amides is 1. The van der Waals surface area contributed by atoms with E-state index >= 15 is 0 Å². The van der Waals surface area contributed by atoms with E-state index in [2.05, 4.69) is 0 Å². The van der Waals surface area contributed by atoms with Crippen molar-refractivity contribution in [2.75, 3.05) is 32.0 Å². The predicted molar refractivity (Wildman–Crippen MR) is 81.3 cm³/mol. The molecule has 6 nitrogen and oxygen atoms in total. The second kappa shape index (κ2) is 8.36. The number of aryl methyl sites for hydroxylation is 1. The van der Waals surface area contributed by atoms with Crippen LogP contribution in [0.25, 0.3) is 0 Å². The highest BCUT2D eigenvalue weighted by Gasteiger charge is 2.13. The molecule has 0 aliphatic carbocycles. The largest absolute Gasteiger partial charge is 0.503 e. The van der Waals surface area contributed by atoms with Crippen molar-refractivity contribution in [3.8, 4) is 11.5 Å². The van der Waals surface area contributed by atoms with Crippen LogP contribution in [-0.2, 0) is 11.2 Å². The maximum atomic E-state index is 12.0. The summed E-state index contributed by atoms with van der Waals surface area (Å²) in [5.41, 5.74) is 6.81. The first-order valence-electron chi connectivity index (χ1n) is 7.16. The lowest BCUT2D eigenvalue weighted by atomic mass is 10.1. The van der Waals surface area contributed by atoms with Crippen molar-refractivity contribution in [2.45, 2.75) is 26.7 Å². The Morgan fingerprint density at radius 2 is 2.10 bits per heavy atom. The SMILES string of the molecule is CCOc1cc(CCC(=O)N(CC)CCO)cc(N)c1O. The molecule has 118 valence electrons. The van der Waals surface area contributed by atoms with Crippen molar-refractivity contribution in [3.63, 3.8) is 0 Å². The molecule has 0 atom stereocenters. The number of likely N-dealkylation sites (N-methyl/N-ethyl adjacent to an activating group) is 1. The van der Waals surface area contributed by atoms with Crippen LogP contribution < -0.4 is 10.5 Å². The molecule has 0 heterocycles. The van der Waals surface area contributed by atoms with Crippen molar-refractivity contribution >= 4 is 11.6 Å². The van der Waals surface area contributed by atoms with Gasteiger partial charge in [0.1, 0.15) is 0 Å². The fourth-order valence-electron chi connectivity index (χ4n) is 2.09. The summed E-state index contributed by atoms with van der Waals surface area (Å²) in [6, 6.07) is 3.35. The highest BCUT2D eigenvalue weighted by atomic mass is 16.5. The Bertz CT molecular complexity index is 477. The topological polar surface area (TPSA) is 96.0 Å². The van der Waals surface area contributed by atoms with E-state index in [1.54, 1.807) is 17.0 Å². The van der Waals surface area contributed by atoms with Crippen LogP contribution in [0, 0.1) is 0 Å². The van der Waals surface area contributed by atoms with Gasteiger partial charge in [0.15, 0.2) is 11.5 Å². The summed E-state index contributed by atoms with van der Waals surface area (Å²) in [5, 5.41) is 18.7.